The maximum atomic E-state index is 14.7. The van der Waals surface area contributed by atoms with Gasteiger partial charge in [0.1, 0.15) is 11.6 Å². The Balaban J connectivity index is 1.38. The minimum Gasteiger partial charge on any atom is -0.373 e. The van der Waals surface area contributed by atoms with E-state index in [2.05, 4.69) is 10.0 Å². The molecule has 2 aliphatic rings. The van der Waals surface area contributed by atoms with Gasteiger partial charge in [0.25, 0.3) is 5.56 Å². The number of hydrogen-bond acceptors (Lipinski definition) is 5. The fourth-order valence-corrected chi connectivity index (χ4v) is 6.75. The van der Waals surface area contributed by atoms with Gasteiger partial charge < -0.3 is 10.1 Å². The van der Waals surface area contributed by atoms with E-state index < -0.39 is 15.3 Å². The second-order valence-electron chi connectivity index (χ2n) is 9.28. The molecule has 10 heteroatoms. The lowest BCUT2D eigenvalue weighted by atomic mass is 9.95. The van der Waals surface area contributed by atoms with Gasteiger partial charge in [-0.15, -0.1) is 0 Å². The standard InChI is InChI=1S/C26H27FIN3O4S/c1-16-22(11-18-7-8-19(28)12-23(18)27)24(25-29-9-10-31(25)26(16)32)30-36(33,34)21-13-20(14-21)35-15-17-5-3-2-4-6-17/h2-8,12,20-21,29-30H,9-11,13-15H2,1H3. The molecule has 1 aliphatic carbocycles. The van der Waals surface area contributed by atoms with Crippen molar-refractivity contribution in [1.29, 1.82) is 0 Å². The molecule has 0 bridgehead atoms. The lowest BCUT2D eigenvalue weighted by molar-refractivity contribution is -0.00642. The molecular formula is C26H27FIN3O4S. The van der Waals surface area contributed by atoms with Crippen LogP contribution in [0.4, 0.5) is 15.9 Å². The summed E-state index contributed by atoms with van der Waals surface area (Å²) >= 11 is 2.04. The normalized spacial score (nSPS) is 18.9. The molecule has 2 aromatic carbocycles. The zero-order chi connectivity index (χ0) is 25.4. The van der Waals surface area contributed by atoms with E-state index in [4.69, 9.17) is 4.74 Å². The number of anilines is 2. The van der Waals surface area contributed by atoms with Gasteiger partial charge in [-0.05, 0) is 71.2 Å². The van der Waals surface area contributed by atoms with Gasteiger partial charge in [0, 0.05) is 28.6 Å². The summed E-state index contributed by atoms with van der Waals surface area (Å²) in [4.78, 5) is 13.0. The van der Waals surface area contributed by atoms with Crippen LogP contribution in [0.2, 0.25) is 0 Å². The maximum absolute atomic E-state index is 14.7. The predicted octanol–water partition coefficient (Wildman–Crippen LogP) is 4.41. The summed E-state index contributed by atoms with van der Waals surface area (Å²) in [6.45, 7) is 3.07. The van der Waals surface area contributed by atoms with Gasteiger partial charge in [-0.3, -0.25) is 14.1 Å². The Hall–Kier alpha value is -2.44. The molecule has 0 amide bonds. The van der Waals surface area contributed by atoms with Crippen molar-refractivity contribution in [2.75, 3.05) is 16.6 Å². The Morgan fingerprint density at radius 2 is 1.94 bits per heavy atom. The number of hydrogen-bond donors (Lipinski definition) is 2. The van der Waals surface area contributed by atoms with Crippen LogP contribution < -0.4 is 15.6 Å². The molecular weight excluding hydrogens is 596 g/mol. The number of benzene rings is 2. The van der Waals surface area contributed by atoms with Crippen molar-refractivity contribution in [3.8, 4) is 0 Å². The highest BCUT2D eigenvalue weighted by molar-refractivity contribution is 14.1. The fraction of sp³-hybridized carbons (Fsp3) is 0.346. The van der Waals surface area contributed by atoms with Crippen LogP contribution in [-0.4, -0.2) is 30.9 Å². The van der Waals surface area contributed by atoms with E-state index in [-0.39, 0.29) is 23.9 Å². The molecule has 1 saturated carbocycles. The molecule has 0 unspecified atom stereocenters. The molecule has 1 aromatic heterocycles. The van der Waals surface area contributed by atoms with Gasteiger partial charge in [0.15, 0.2) is 0 Å². The van der Waals surface area contributed by atoms with E-state index in [1.54, 1.807) is 23.6 Å². The number of aromatic nitrogens is 1. The minimum atomic E-state index is -3.76. The van der Waals surface area contributed by atoms with Crippen LogP contribution in [0, 0.1) is 16.3 Å². The van der Waals surface area contributed by atoms with Crippen LogP contribution in [0.25, 0.3) is 0 Å². The van der Waals surface area contributed by atoms with Crippen molar-refractivity contribution >= 4 is 44.1 Å². The Labute approximate surface area is 223 Å². The van der Waals surface area contributed by atoms with Gasteiger partial charge >= 0.3 is 0 Å². The number of rotatable bonds is 8. The van der Waals surface area contributed by atoms with Gasteiger partial charge in [0.05, 0.1) is 23.6 Å². The van der Waals surface area contributed by atoms with Crippen molar-refractivity contribution in [2.45, 2.75) is 50.7 Å². The Bertz CT molecular complexity index is 1450. The van der Waals surface area contributed by atoms with E-state index in [1.807, 2.05) is 52.9 Å². The van der Waals surface area contributed by atoms with Crippen LogP contribution in [0.3, 0.4) is 0 Å². The average Bonchev–Trinajstić information content (AvgIpc) is 3.31. The van der Waals surface area contributed by atoms with Gasteiger partial charge in [-0.1, -0.05) is 36.4 Å². The summed E-state index contributed by atoms with van der Waals surface area (Å²) in [5.41, 5.74) is 2.48. The molecule has 3 aromatic rings. The molecule has 0 saturated heterocycles. The lowest BCUT2D eigenvalue weighted by Gasteiger charge is -2.35. The van der Waals surface area contributed by atoms with Crippen LogP contribution in [0.5, 0.6) is 0 Å². The van der Waals surface area contributed by atoms with Crippen LogP contribution >= 0.6 is 22.6 Å². The number of nitrogens with zero attached hydrogens (tertiary/aromatic N) is 1. The van der Waals surface area contributed by atoms with E-state index in [0.29, 0.717) is 60.7 Å². The van der Waals surface area contributed by atoms with E-state index in [1.165, 1.54) is 6.07 Å². The smallest absolute Gasteiger partial charge is 0.255 e. The number of sulfonamides is 1. The molecule has 190 valence electrons. The fourth-order valence-electron chi connectivity index (χ4n) is 4.69. The average molecular weight is 623 g/mol. The first kappa shape index (κ1) is 25.2. The molecule has 0 spiro atoms. The van der Waals surface area contributed by atoms with Gasteiger partial charge in [-0.25, -0.2) is 12.8 Å². The van der Waals surface area contributed by atoms with Crippen molar-refractivity contribution in [1.82, 2.24) is 4.57 Å². The largest absolute Gasteiger partial charge is 0.373 e. The number of halogens is 2. The van der Waals surface area contributed by atoms with Crippen LogP contribution in [-0.2, 0) is 34.3 Å². The van der Waals surface area contributed by atoms with Crippen molar-refractivity contribution in [3.63, 3.8) is 0 Å². The van der Waals surface area contributed by atoms with Crippen molar-refractivity contribution in [3.05, 3.63) is 90.5 Å². The SMILES string of the molecule is Cc1c(Cc2ccc(I)cc2F)c(NS(=O)(=O)C2CC(OCc3ccccc3)C2)c2n(c1=O)CCN2. The third-order valence-corrected chi connectivity index (χ3v) is 9.32. The zero-order valence-corrected chi connectivity index (χ0v) is 22.7. The van der Waals surface area contributed by atoms with E-state index >= 15 is 0 Å². The highest BCUT2D eigenvalue weighted by Crippen LogP contribution is 2.36. The summed E-state index contributed by atoms with van der Waals surface area (Å²) in [5, 5.41) is 2.55. The second-order valence-corrected chi connectivity index (χ2v) is 12.5. The number of ether oxygens (including phenoxy) is 1. The van der Waals surface area contributed by atoms with E-state index in [9.17, 15) is 17.6 Å². The summed E-state index contributed by atoms with van der Waals surface area (Å²) < 4.78 is 52.4. The highest BCUT2D eigenvalue weighted by Gasteiger charge is 2.40. The maximum Gasteiger partial charge on any atom is 0.255 e. The Morgan fingerprint density at radius 1 is 1.19 bits per heavy atom. The van der Waals surface area contributed by atoms with E-state index in [0.717, 1.165) is 9.13 Å². The van der Waals surface area contributed by atoms with Crippen LogP contribution in [0.1, 0.15) is 35.1 Å². The van der Waals surface area contributed by atoms with Gasteiger partial charge in [-0.2, -0.15) is 0 Å². The number of pyridine rings is 1. The quantitative estimate of drug-likeness (QED) is 0.364. The molecule has 7 nitrogen and oxygen atoms in total. The predicted molar refractivity (Wildman–Crippen MR) is 146 cm³/mol. The zero-order valence-electron chi connectivity index (χ0n) is 19.8. The Kier molecular flexibility index (Phi) is 7.10. The first-order valence-corrected chi connectivity index (χ1v) is 14.5. The molecule has 0 atom stereocenters. The number of nitrogens with one attached hydrogen (secondary N) is 2. The number of fused-ring (bicyclic) bond motifs is 1. The molecule has 1 fully saturated rings. The minimum absolute atomic E-state index is 0.102. The molecule has 2 heterocycles. The first-order valence-electron chi connectivity index (χ1n) is 11.8. The topological polar surface area (TPSA) is 89.4 Å². The lowest BCUT2D eigenvalue weighted by Crippen LogP contribution is -2.43. The third kappa shape index (κ3) is 5.03. The molecule has 1 aliphatic heterocycles. The second kappa shape index (κ2) is 10.1. The van der Waals surface area contributed by atoms with Crippen molar-refractivity contribution < 1.29 is 17.5 Å². The van der Waals surface area contributed by atoms with Gasteiger partial charge in [0.2, 0.25) is 10.0 Å². The third-order valence-electron chi connectivity index (χ3n) is 6.90. The summed E-state index contributed by atoms with van der Waals surface area (Å²) in [6.07, 6.45) is 0.760. The molecule has 5 rings (SSSR count). The summed E-state index contributed by atoms with van der Waals surface area (Å²) in [6, 6.07) is 14.7. The molecule has 36 heavy (non-hydrogen) atoms. The Morgan fingerprint density at radius 3 is 2.67 bits per heavy atom. The molecule has 2 N–H and O–H groups in total. The first-order chi connectivity index (χ1) is 17.2. The van der Waals surface area contributed by atoms with Crippen LogP contribution in [0.15, 0.2) is 53.3 Å². The van der Waals surface area contributed by atoms with Crippen molar-refractivity contribution in [2.24, 2.45) is 0 Å². The summed E-state index contributed by atoms with van der Waals surface area (Å²) in [7, 11) is -3.76. The molecule has 0 radical (unpaired) electrons. The highest BCUT2D eigenvalue weighted by atomic mass is 127. The monoisotopic (exact) mass is 623 g/mol. The summed E-state index contributed by atoms with van der Waals surface area (Å²) in [5.74, 6) is 0.0485.